The Balaban J connectivity index is 0.000000241. The molecule has 0 radical (unpaired) electrons. The summed E-state index contributed by atoms with van der Waals surface area (Å²) in [5, 5.41) is 27.3. The number of benzene rings is 1. The average Bonchev–Trinajstić information content (AvgIpc) is 3.50. The molecule has 1 aromatic carbocycles. The molecule has 5 rings (SSSR count). The first-order valence-corrected chi connectivity index (χ1v) is 10.1. The topological polar surface area (TPSA) is 116 Å². The molecule has 0 bridgehead atoms. The predicted molar refractivity (Wildman–Crippen MR) is 123 cm³/mol. The maximum absolute atomic E-state index is 11.4. The number of hydrogen-bond acceptors (Lipinski definition) is 7. The van der Waals surface area contributed by atoms with Crippen molar-refractivity contribution in [2.75, 3.05) is 17.8 Å². The van der Waals surface area contributed by atoms with Gasteiger partial charge < -0.3 is 21.1 Å². The average molecular weight is 457 g/mol. The molecule has 0 aliphatic heterocycles. The number of rotatable bonds is 3. The van der Waals surface area contributed by atoms with Gasteiger partial charge in [-0.3, -0.25) is 4.68 Å². The van der Waals surface area contributed by atoms with Gasteiger partial charge in [0.1, 0.15) is 17.4 Å². The Morgan fingerprint density at radius 2 is 1.94 bits per heavy atom. The van der Waals surface area contributed by atoms with E-state index >= 15 is 0 Å². The van der Waals surface area contributed by atoms with Crippen LogP contribution in [0.2, 0.25) is 0 Å². The van der Waals surface area contributed by atoms with E-state index in [0.717, 1.165) is 22.4 Å². The van der Waals surface area contributed by atoms with E-state index in [4.69, 9.17) is 5.73 Å². The van der Waals surface area contributed by atoms with Crippen LogP contribution in [0.25, 0.3) is 22.0 Å². The summed E-state index contributed by atoms with van der Waals surface area (Å²) in [4.78, 5) is 8.44. The second-order valence-electron chi connectivity index (χ2n) is 7.87. The van der Waals surface area contributed by atoms with Gasteiger partial charge in [0.05, 0.1) is 11.9 Å². The SMILES string of the molecule is Cc1ccc(O)cc1-c1cc2cc(N(C)[O-])ncc2c(N)n1.Cn1cc(C2CC2)cn1.[K+]. The Morgan fingerprint density at radius 1 is 1.19 bits per heavy atom. The second kappa shape index (κ2) is 10.3. The van der Waals surface area contributed by atoms with Crippen LogP contribution in [0.4, 0.5) is 11.6 Å². The van der Waals surface area contributed by atoms with Crippen molar-refractivity contribution in [2.24, 2.45) is 7.05 Å². The van der Waals surface area contributed by atoms with Gasteiger partial charge >= 0.3 is 51.4 Å². The zero-order valence-electron chi connectivity index (χ0n) is 18.8. The molecule has 160 valence electrons. The maximum atomic E-state index is 11.4. The van der Waals surface area contributed by atoms with E-state index in [0.29, 0.717) is 27.8 Å². The Morgan fingerprint density at radius 3 is 2.56 bits per heavy atom. The monoisotopic (exact) mass is 456 g/mol. The summed E-state index contributed by atoms with van der Waals surface area (Å²) in [5.74, 6) is 1.65. The molecule has 8 nitrogen and oxygen atoms in total. The fraction of sp³-hybridized carbons (Fsp3) is 0.261. The second-order valence-corrected chi connectivity index (χ2v) is 7.87. The quantitative estimate of drug-likeness (QED) is 0.351. The number of phenolic OH excluding ortho intramolecular Hbond substituents is 1. The van der Waals surface area contributed by atoms with E-state index < -0.39 is 0 Å². The summed E-state index contributed by atoms with van der Waals surface area (Å²) in [6, 6.07) is 8.59. The van der Waals surface area contributed by atoms with Gasteiger partial charge in [0.15, 0.2) is 0 Å². The molecule has 1 aliphatic carbocycles. The van der Waals surface area contributed by atoms with Crippen molar-refractivity contribution in [3.05, 3.63) is 65.3 Å². The summed E-state index contributed by atoms with van der Waals surface area (Å²) in [6.45, 7) is 1.93. The molecular weight excluding hydrogens is 431 g/mol. The smallest absolute Gasteiger partial charge is 0.757 e. The molecule has 1 aliphatic rings. The zero-order valence-corrected chi connectivity index (χ0v) is 21.9. The number of nitrogens with two attached hydrogens (primary N) is 1. The zero-order chi connectivity index (χ0) is 22.1. The first-order chi connectivity index (χ1) is 14.8. The summed E-state index contributed by atoms with van der Waals surface area (Å²) in [5.41, 5.74) is 9.83. The van der Waals surface area contributed by atoms with Crippen LogP contribution in [0.15, 0.2) is 48.9 Å². The van der Waals surface area contributed by atoms with Crippen molar-refractivity contribution in [2.45, 2.75) is 25.7 Å². The van der Waals surface area contributed by atoms with Crippen LogP contribution < -0.4 is 62.2 Å². The van der Waals surface area contributed by atoms with Crippen molar-refractivity contribution in [3.63, 3.8) is 0 Å². The van der Waals surface area contributed by atoms with E-state index in [1.54, 1.807) is 24.4 Å². The van der Waals surface area contributed by atoms with Gasteiger partial charge in [0.2, 0.25) is 0 Å². The molecule has 4 aromatic rings. The third-order valence-corrected chi connectivity index (χ3v) is 5.32. The number of phenols is 1. The number of aryl methyl sites for hydroxylation is 2. The molecule has 3 heterocycles. The van der Waals surface area contributed by atoms with Crippen molar-refractivity contribution in [3.8, 4) is 17.0 Å². The minimum absolute atomic E-state index is 0. The predicted octanol–water partition coefficient (Wildman–Crippen LogP) is 1.13. The van der Waals surface area contributed by atoms with Crippen LogP contribution in [-0.4, -0.2) is 31.9 Å². The molecule has 1 fully saturated rings. The molecule has 0 atom stereocenters. The van der Waals surface area contributed by atoms with Gasteiger partial charge in [-0.2, -0.15) is 5.10 Å². The first-order valence-electron chi connectivity index (χ1n) is 10.1. The van der Waals surface area contributed by atoms with Crippen LogP contribution in [0, 0.1) is 12.1 Å². The first kappa shape index (κ1) is 24.6. The van der Waals surface area contributed by atoms with E-state index in [-0.39, 0.29) is 57.1 Å². The Kier molecular flexibility index (Phi) is 7.91. The molecule has 0 saturated heterocycles. The molecule has 0 spiro atoms. The van der Waals surface area contributed by atoms with E-state index in [9.17, 15) is 10.3 Å². The van der Waals surface area contributed by atoms with Gasteiger partial charge in [-0.1, -0.05) is 6.07 Å². The number of pyridine rings is 2. The fourth-order valence-electron chi connectivity index (χ4n) is 3.43. The number of nitrogens with zero attached hydrogens (tertiary/aromatic N) is 5. The minimum Gasteiger partial charge on any atom is -0.757 e. The van der Waals surface area contributed by atoms with E-state index in [1.807, 2.05) is 37.0 Å². The van der Waals surface area contributed by atoms with Gasteiger partial charge in [-0.15, -0.1) is 0 Å². The van der Waals surface area contributed by atoms with Crippen LogP contribution in [-0.2, 0) is 7.05 Å². The van der Waals surface area contributed by atoms with Crippen molar-refractivity contribution >= 4 is 22.4 Å². The number of nitrogen functional groups attached to an aromatic ring is 1. The third-order valence-electron chi connectivity index (χ3n) is 5.32. The van der Waals surface area contributed by atoms with Crippen LogP contribution in [0.1, 0.15) is 29.9 Å². The van der Waals surface area contributed by atoms with Gasteiger partial charge in [-0.05, 0) is 73.5 Å². The van der Waals surface area contributed by atoms with E-state index in [2.05, 4.69) is 21.3 Å². The summed E-state index contributed by atoms with van der Waals surface area (Å²) in [6.07, 6.45) is 8.35. The Labute approximate surface area is 229 Å². The fourth-order valence-corrected chi connectivity index (χ4v) is 3.43. The van der Waals surface area contributed by atoms with Crippen LogP contribution in [0.5, 0.6) is 5.75 Å². The Bertz CT molecular complexity index is 1240. The number of hydroxylamine groups is 1. The summed E-state index contributed by atoms with van der Waals surface area (Å²) in [7, 11) is 3.35. The van der Waals surface area contributed by atoms with Gasteiger partial charge in [0, 0.05) is 30.4 Å². The Hall–Kier alpha value is -2.01. The molecule has 3 N–H and O–H groups in total. The molecule has 1 saturated carbocycles. The van der Waals surface area contributed by atoms with Crippen LogP contribution >= 0.6 is 0 Å². The number of hydrogen-bond donors (Lipinski definition) is 2. The number of aromatic hydroxyl groups is 1. The van der Waals surface area contributed by atoms with Crippen molar-refractivity contribution < 1.29 is 56.5 Å². The maximum Gasteiger partial charge on any atom is 1.00 e. The molecule has 0 unspecified atom stereocenters. The summed E-state index contributed by atoms with van der Waals surface area (Å²) < 4.78 is 1.87. The number of anilines is 2. The molecular formula is C23H25KN6O2. The third kappa shape index (κ3) is 5.66. The molecule has 0 amide bonds. The molecule has 3 aromatic heterocycles. The number of fused-ring (bicyclic) bond motifs is 1. The number of aromatic nitrogens is 4. The van der Waals surface area contributed by atoms with E-state index in [1.165, 1.54) is 25.5 Å². The van der Waals surface area contributed by atoms with Crippen LogP contribution in [0.3, 0.4) is 0 Å². The van der Waals surface area contributed by atoms with Crippen molar-refractivity contribution in [1.82, 2.24) is 19.7 Å². The minimum atomic E-state index is 0. The van der Waals surface area contributed by atoms with Gasteiger partial charge in [0.25, 0.3) is 0 Å². The standard InChI is InChI=1S/C16H15N4O2.C7H10N2.K/c1-9-3-4-11(21)7-12(9)14-5-10-6-15(20(2)22)18-8-13(10)16(17)19-14;1-9-5-7(4-8-9)6-2-3-6;/h3-8,21H,1-2H3,(H2,17,19);4-6H,2-3H2,1H3;/q-1;;+1. The molecule has 32 heavy (non-hydrogen) atoms. The molecule has 9 heteroatoms. The summed E-state index contributed by atoms with van der Waals surface area (Å²) >= 11 is 0. The largest absolute Gasteiger partial charge is 1.00 e. The van der Waals surface area contributed by atoms with Gasteiger partial charge in [-0.25, -0.2) is 9.97 Å². The van der Waals surface area contributed by atoms with Crippen molar-refractivity contribution in [1.29, 1.82) is 0 Å². The normalized spacial score (nSPS) is 12.6.